The first-order chi connectivity index (χ1) is 15.7. The van der Waals surface area contributed by atoms with Gasteiger partial charge in [0.2, 0.25) is 0 Å². The summed E-state index contributed by atoms with van der Waals surface area (Å²) in [5, 5.41) is 4.27. The Morgan fingerprint density at radius 3 is 2.61 bits per heavy atom. The number of rotatable bonds is 6. The molecule has 1 aromatic heterocycles. The molecule has 0 radical (unpaired) electrons. The third kappa shape index (κ3) is 6.57. The molecule has 2 heterocycles. The number of unbranched alkanes of at least 4 members (excludes halogenated alkanes) is 1. The van der Waals surface area contributed by atoms with Crippen molar-refractivity contribution in [1.29, 1.82) is 0 Å². The highest BCUT2D eigenvalue weighted by Gasteiger charge is 2.27. The molecule has 0 saturated carbocycles. The van der Waals surface area contributed by atoms with Gasteiger partial charge in [-0.05, 0) is 50.2 Å². The fourth-order valence-corrected chi connectivity index (χ4v) is 4.35. The molecule has 8 nitrogen and oxygen atoms in total. The van der Waals surface area contributed by atoms with E-state index in [0.717, 1.165) is 57.4 Å². The van der Waals surface area contributed by atoms with Gasteiger partial charge in [0, 0.05) is 41.8 Å². The summed E-state index contributed by atoms with van der Waals surface area (Å²) in [7, 11) is 0. The molecular formula is C25H40N7O+. The van der Waals surface area contributed by atoms with Crippen LogP contribution >= 0.6 is 0 Å². The molecule has 8 heteroatoms. The zero-order valence-corrected chi connectivity index (χ0v) is 20.5. The van der Waals surface area contributed by atoms with Gasteiger partial charge in [0.1, 0.15) is 0 Å². The molecule has 0 bridgehead atoms. The van der Waals surface area contributed by atoms with Crippen molar-refractivity contribution in [3.8, 4) is 0 Å². The zero-order valence-electron chi connectivity index (χ0n) is 20.5. The van der Waals surface area contributed by atoms with Crippen molar-refractivity contribution in [2.45, 2.75) is 65.0 Å². The van der Waals surface area contributed by atoms with E-state index in [9.17, 15) is 4.79 Å². The zero-order chi connectivity index (χ0) is 24.0. The largest absolute Gasteiger partial charge is 0.387 e. The molecule has 1 atom stereocenters. The van der Waals surface area contributed by atoms with Crippen LogP contribution in [-0.4, -0.2) is 69.9 Å². The lowest BCUT2D eigenvalue weighted by molar-refractivity contribution is -0.543. The Labute approximate surface area is 197 Å². The fraction of sp³-hybridized carbons (Fsp3) is 0.560. The minimum atomic E-state index is -0.368. The second-order valence-corrected chi connectivity index (χ2v) is 9.88. The quantitative estimate of drug-likeness (QED) is 0.304. The molecule has 2 aromatic rings. The number of aliphatic imine (C=N–C) groups is 1. The van der Waals surface area contributed by atoms with E-state index in [1.807, 2.05) is 22.9 Å². The summed E-state index contributed by atoms with van der Waals surface area (Å²) in [5.74, 6) is -0.156. The Morgan fingerprint density at radius 1 is 1.24 bits per heavy atom. The van der Waals surface area contributed by atoms with E-state index in [1.54, 1.807) is 0 Å². The summed E-state index contributed by atoms with van der Waals surface area (Å²) in [4.78, 5) is 22.8. The maximum absolute atomic E-state index is 12.8. The number of amides is 1. The van der Waals surface area contributed by atoms with E-state index < -0.39 is 0 Å². The number of fused-ring (bicyclic) bond motifs is 1. The SMILES string of the molecule is CCCCC(Cc1c[nH]c2ccccc12)NC(=O)C(N)=NC(N)=[N+]1CCN(C(C)(C)C)CC1. The van der Waals surface area contributed by atoms with Gasteiger partial charge in [-0.2, -0.15) is 0 Å². The minimum Gasteiger partial charge on any atom is -0.365 e. The Bertz CT molecular complexity index is 1010. The highest BCUT2D eigenvalue weighted by molar-refractivity contribution is 6.38. The molecule has 1 aromatic carbocycles. The number of carbonyl (C=O) groups excluding carboxylic acids is 1. The highest BCUT2D eigenvalue weighted by Crippen LogP contribution is 2.20. The lowest BCUT2D eigenvalue weighted by Crippen LogP contribution is -2.52. The van der Waals surface area contributed by atoms with E-state index in [-0.39, 0.29) is 23.3 Å². The summed E-state index contributed by atoms with van der Waals surface area (Å²) in [6.45, 7) is 12.1. The summed E-state index contributed by atoms with van der Waals surface area (Å²) < 4.78 is 1.99. The summed E-state index contributed by atoms with van der Waals surface area (Å²) in [5.41, 5.74) is 14.7. The predicted octanol–water partition coefficient (Wildman–Crippen LogP) is 2.18. The van der Waals surface area contributed by atoms with Gasteiger partial charge in [-0.15, -0.1) is 0 Å². The van der Waals surface area contributed by atoms with Crippen molar-refractivity contribution >= 4 is 28.6 Å². The van der Waals surface area contributed by atoms with Gasteiger partial charge in [0.15, 0.2) is 0 Å². The second-order valence-electron chi connectivity index (χ2n) is 9.88. The second kappa shape index (κ2) is 10.8. The lowest BCUT2D eigenvalue weighted by atomic mass is 10.0. The summed E-state index contributed by atoms with van der Waals surface area (Å²) >= 11 is 0. The van der Waals surface area contributed by atoms with Gasteiger partial charge >= 0.3 is 11.9 Å². The molecule has 1 fully saturated rings. The fourth-order valence-electron chi connectivity index (χ4n) is 4.35. The third-order valence-corrected chi connectivity index (χ3v) is 6.40. The molecule has 1 aliphatic heterocycles. The number of para-hydroxylation sites is 1. The van der Waals surface area contributed by atoms with Crippen LogP contribution in [0.3, 0.4) is 0 Å². The Balaban J connectivity index is 1.66. The van der Waals surface area contributed by atoms with Gasteiger partial charge in [-0.3, -0.25) is 20.0 Å². The Hall–Kier alpha value is -2.87. The van der Waals surface area contributed by atoms with Crippen molar-refractivity contribution in [1.82, 2.24) is 15.2 Å². The van der Waals surface area contributed by atoms with Crippen LogP contribution in [0.4, 0.5) is 0 Å². The van der Waals surface area contributed by atoms with Crippen molar-refractivity contribution in [2.75, 3.05) is 26.2 Å². The molecule has 0 aliphatic carbocycles. The van der Waals surface area contributed by atoms with E-state index in [1.165, 1.54) is 10.9 Å². The van der Waals surface area contributed by atoms with E-state index in [0.29, 0.717) is 5.96 Å². The number of piperazine rings is 1. The van der Waals surface area contributed by atoms with E-state index in [4.69, 9.17) is 11.5 Å². The number of nitrogens with two attached hydrogens (primary N) is 2. The van der Waals surface area contributed by atoms with Gasteiger partial charge in [0.05, 0.1) is 13.1 Å². The summed E-state index contributed by atoms with van der Waals surface area (Å²) in [6, 6.07) is 8.18. The highest BCUT2D eigenvalue weighted by atomic mass is 16.2. The lowest BCUT2D eigenvalue weighted by Gasteiger charge is -2.38. The number of aromatic amines is 1. The number of amidine groups is 1. The number of nitrogens with zero attached hydrogens (tertiary/aromatic N) is 3. The Kier molecular flexibility index (Phi) is 8.13. The van der Waals surface area contributed by atoms with Crippen molar-refractivity contribution in [3.05, 3.63) is 36.0 Å². The van der Waals surface area contributed by atoms with E-state index in [2.05, 4.69) is 60.0 Å². The topological polar surface area (TPSA) is 116 Å². The van der Waals surface area contributed by atoms with Crippen LogP contribution in [-0.2, 0) is 11.2 Å². The first-order valence-electron chi connectivity index (χ1n) is 12.0. The first kappa shape index (κ1) is 24.8. The molecule has 1 amide bonds. The van der Waals surface area contributed by atoms with Crippen LogP contribution < -0.4 is 16.8 Å². The number of H-pyrrole nitrogens is 1. The van der Waals surface area contributed by atoms with E-state index >= 15 is 0 Å². The monoisotopic (exact) mass is 454 g/mol. The maximum atomic E-state index is 12.8. The molecule has 3 rings (SSSR count). The Morgan fingerprint density at radius 2 is 1.94 bits per heavy atom. The van der Waals surface area contributed by atoms with Crippen LogP contribution in [0, 0.1) is 0 Å². The maximum Gasteiger partial charge on any atom is 0.387 e. The van der Waals surface area contributed by atoms with Gasteiger partial charge < -0.3 is 16.0 Å². The third-order valence-electron chi connectivity index (χ3n) is 6.40. The smallest absolute Gasteiger partial charge is 0.365 e. The number of aromatic nitrogens is 1. The minimum absolute atomic E-state index is 0.0260. The number of benzene rings is 1. The van der Waals surface area contributed by atoms with Crippen molar-refractivity contribution in [3.63, 3.8) is 0 Å². The van der Waals surface area contributed by atoms with Crippen LogP contribution in [0.15, 0.2) is 35.5 Å². The molecule has 1 aliphatic rings. The van der Waals surface area contributed by atoms with Crippen LogP contribution in [0.5, 0.6) is 0 Å². The van der Waals surface area contributed by atoms with Crippen molar-refractivity contribution in [2.24, 2.45) is 16.5 Å². The molecule has 1 unspecified atom stereocenters. The van der Waals surface area contributed by atoms with Crippen LogP contribution in [0.1, 0.15) is 52.5 Å². The number of hydrogen-bond donors (Lipinski definition) is 4. The standard InChI is InChI=1S/C25H39N7O/c1-5-6-9-19(16-18-17-28-21-11-8-7-10-20(18)21)29-23(33)22(26)30-24(27)31-12-14-32(15-13-31)25(2,3)4/h7-8,10-11,17,19,28H,5-6,9,12-16H2,1-4H3,(H4,26,27,29,30,33)/p+1. The predicted molar refractivity (Wildman–Crippen MR) is 136 cm³/mol. The average molecular weight is 455 g/mol. The average Bonchev–Trinajstić information content (AvgIpc) is 3.19. The van der Waals surface area contributed by atoms with Crippen molar-refractivity contribution < 1.29 is 9.37 Å². The molecule has 1 saturated heterocycles. The van der Waals surface area contributed by atoms with Gasteiger partial charge in [-0.1, -0.05) is 38.0 Å². The number of carbonyl (C=O) groups is 1. The molecule has 33 heavy (non-hydrogen) atoms. The molecule has 180 valence electrons. The molecule has 0 spiro atoms. The molecule has 6 N–H and O–H groups in total. The van der Waals surface area contributed by atoms with Gasteiger partial charge in [-0.25, -0.2) is 0 Å². The number of nitrogens with one attached hydrogen (secondary N) is 2. The normalized spacial score (nSPS) is 16.7. The van der Waals surface area contributed by atoms with Crippen LogP contribution in [0.2, 0.25) is 0 Å². The first-order valence-corrected chi connectivity index (χ1v) is 12.0. The van der Waals surface area contributed by atoms with Gasteiger partial charge in [0.25, 0.3) is 5.84 Å². The number of hydrogen-bond acceptors (Lipinski definition) is 2. The number of guanidine groups is 1. The summed E-state index contributed by atoms with van der Waals surface area (Å²) in [6.07, 6.45) is 5.72. The molecular weight excluding hydrogens is 414 g/mol. The van der Waals surface area contributed by atoms with Crippen LogP contribution in [0.25, 0.3) is 10.9 Å².